The molecule has 2 heteroatoms. The molecule has 0 aromatic heterocycles. The Kier molecular flexibility index (Phi) is 4.53. The van der Waals surface area contributed by atoms with Crippen LogP contribution in [0.1, 0.15) is 48.2 Å². The van der Waals surface area contributed by atoms with Gasteiger partial charge >= 0.3 is 5.97 Å². The maximum Gasteiger partial charge on any atom is 0.335 e. The van der Waals surface area contributed by atoms with Crippen molar-refractivity contribution in [2.45, 2.75) is 40.0 Å². The van der Waals surface area contributed by atoms with Gasteiger partial charge in [0.1, 0.15) is 0 Å². The molecule has 0 unspecified atom stereocenters. The van der Waals surface area contributed by atoms with Crippen LogP contribution in [-0.2, 0) is 6.42 Å². The lowest BCUT2D eigenvalue weighted by atomic mass is 9.99. The molecule has 0 saturated carbocycles. The molecule has 1 aromatic carbocycles. The molecule has 1 N–H and O–H groups in total. The van der Waals surface area contributed by atoms with E-state index in [4.69, 9.17) is 5.11 Å². The van der Waals surface area contributed by atoms with E-state index >= 15 is 0 Å². The molecule has 0 fully saturated rings. The fraction of sp³-hybridized carbons (Fsp3) is 0.500. The van der Waals surface area contributed by atoms with Crippen LogP contribution < -0.4 is 0 Å². The number of hydrogen-bond acceptors (Lipinski definition) is 1. The van der Waals surface area contributed by atoms with Gasteiger partial charge in [0.05, 0.1) is 5.56 Å². The third kappa shape index (κ3) is 3.69. The predicted molar refractivity (Wildman–Crippen MR) is 65.9 cm³/mol. The molecule has 0 aliphatic heterocycles. The van der Waals surface area contributed by atoms with Gasteiger partial charge in [-0.05, 0) is 42.9 Å². The van der Waals surface area contributed by atoms with Gasteiger partial charge < -0.3 is 5.11 Å². The number of carbonyl (C=O) groups is 1. The van der Waals surface area contributed by atoms with Gasteiger partial charge in [-0.1, -0.05) is 32.4 Å². The van der Waals surface area contributed by atoms with Crippen LogP contribution in [0.2, 0.25) is 0 Å². The highest BCUT2D eigenvalue weighted by Crippen LogP contribution is 2.14. The highest BCUT2D eigenvalue weighted by molar-refractivity contribution is 5.89. The van der Waals surface area contributed by atoms with Gasteiger partial charge in [-0.2, -0.15) is 0 Å². The molecule has 88 valence electrons. The van der Waals surface area contributed by atoms with Gasteiger partial charge in [0.25, 0.3) is 0 Å². The lowest BCUT2D eigenvalue weighted by Crippen LogP contribution is -2.01. The van der Waals surface area contributed by atoms with Gasteiger partial charge in [0.15, 0.2) is 0 Å². The first kappa shape index (κ1) is 12.8. The maximum atomic E-state index is 11.0. The molecular weight excluding hydrogens is 200 g/mol. The van der Waals surface area contributed by atoms with Crippen molar-refractivity contribution in [2.24, 2.45) is 5.92 Å². The Morgan fingerprint density at radius 3 is 2.62 bits per heavy atom. The summed E-state index contributed by atoms with van der Waals surface area (Å²) in [7, 11) is 0. The van der Waals surface area contributed by atoms with Gasteiger partial charge in [-0.25, -0.2) is 4.79 Å². The molecule has 0 atom stereocenters. The Morgan fingerprint density at radius 2 is 2.06 bits per heavy atom. The second-order valence-electron chi connectivity index (χ2n) is 4.74. The Hall–Kier alpha value is -1.31. The largest absolute Gasteiger partial charge is 0.478 e. The minimum atomic E-state index is -0.830. The summed E-state index contributed by atoms with van der Waals surface area (Å²) in [6, 6.07) is 5.73. The lowest BCUT2D eigenvalue weighted by Gasteiger charge is -2.07. The van der Waals surface area contributed by atoms with Crippen molar-refractivity contribution in [3.63, 3.8) is 0 Å². The second kappa shape index (κ2) is 5.69. The Balaban J connectivity index is 2.68. The highest BCUT2D eigenvalue weighted by Gasteiger charge is 2.07. The topological polar surface area (TPSA) is 37.3 Å². The summed E-state index contributed by atoms with van der Waals surface area (Å²) < 4.78 is 0. The monoisotopic (exact) mass is 220 g/mol. The van der Waals surface area contributed by atoms with Crippen LogP contribution in [0.3, 0.4) is 0 Å². The van der Waals surface area contributed by atoms with Crippen molar-refractivity contribution in [3.05, 3.63) is 34.9 Å². The van der Waals surface area contributed by atoms with E-state index in [9.17, 15) is 4.79 Å². The van der Waals surface area contributed by atoms with Crippen molar-refractivity contribution in [1.82, 2.24) is 0 Å². The molecule has 2 nitrogen and oxygen atoms in total. The standard InChI is InChI=1S/C14H20O2/c1-10(2)5-4-6-12-8-7-11(3)13(9-12)14(15)16/h7-10H,4-6H2,1-3H3,(H,15,16). The molecule has 0 aliphatic rings. The number of carboxylic acids is 1. The SMILES string of the molecule is Cc1ccc(CCCC(C)C)cc1C(=O)O. The summed E-state index contributed by atoms with van der Waals surface area (Å²) in [5.74, 6) is -0.118. The first-order chi connectivity index (χ1) is 7.50. The molecule has 0 aliphatic carbocycles. The van der Waals surface area contributed by atoms with Crippen LogP contribution in [-0.4, -0.2) is 11.1 Å². The molecule has 0 bridgehead atoms. The van der Waals surface area contributed by atoms with Crippen LogP contribution in [0.5, 0.6) is 0 Å². The number of hydrogen-bond donors (Lipinski definition) is 1. The second-order valence-corrected chi connectivity index (χ2v) is 4.74. The molecule has 0 amide bonds. The average molecular weight is 220 g/mol. The Morgan fingerprint density at radius 1 is 1.38 bits per heavy atom. The van der Waals surface area contributed by atoms with Gasteiger partial charge in [-0.3, -0.25) is 0 Å². The summed E-state index contributed by atoms with van der Waals surface area (Å²) in [6.07, 6.45) is 3.29. The Bertz CT molecular complexity index is 367. The van der Waals surface area contributed by atoms with Crippen molar-refractivity contribution in [1.29, 1.82) is 0 Å². The average Bonchev–Trinajstić information content (AvgIpc) is 2.19. The third-order valence-electron chi connectivity index (χ3n) is 2.78. The fourth-order valence-electron chi connectivity index (χ4n) is 1.77. The third-order valence-corrected chi connectivity index (χ3v) is 2.78. The molecule has 0 heterocycles. The minimum Gasteiger partial charge on any atom is -0.478 e. The van der Waals surface area contributed by atoms with Crippen molar-refractivity contribution in [2.75, 3.05) is 0 Å². The van der Waals surface area contributed by atoms with E-state index in [0.29, 0.717) is 11.5 Å². The number of benzene rings is 1. The van der Waals surface area contributed by atoms with Crippen LogP contribution in [0.25, 0.3) is 0 Å². The van der Waals surface area contributed by atoms with E-state index in [0.717, 1.165) is 24.0 Å². The van der Waals surface area contributed by atoms with E-state index in [2.05, 4.69) is 13.8 Å². The molecule has 0 radical (unpaired) electrons. The number of aromatic carboxylic acids is 1. The molecule has 1 aromatic rings. The maximum absolute atomic E-state index is 11.0. The lowest BCUT2D eigenvalue weighted by molar-refractivity contribution is 0.0696. The number of rotatable bonds is 5. The van der Waals surface area contributed by atoms with E-state index in [1.54, 1.807) is 6.07 Å². The molecule has 1 rings (SSSR count). The summed E-state index contributed by atoms with van der Waals surface area (Å²) in [4.78, 5) is 11.0. The first-order valence-corrected chi connectivity index (χ1v) is 5.83. The zero-order valence-electron chi connectivity index (χ0n) is 10.3. The fourth-order valence-corrected chi connectivity index (χ4v) is 1.77. The van der Waals surface area contributed by atoms with Crippen LogP contribution >= 0.6 is 0 Å². The van der Waals surface area contributed by atoms with Gasteiger partial charge in [-0.15, -0.1) is 0 Å². The molecular formula is C14H20O2. The molecule has 0 saturated heterocycles. The van der Waals surface area contributed by atoms with Crippen LogP contribution in [0.15, 0.2) is 18.2 Å². The van der Waals surface area contributed by atoms with Crippen molar-refractivity contribution < 1.29 is 9.90 Å². The number of carboxylic acid groups (broad SMARTS) is 1. The smallest absolute Gasteiger partial charge is 0.335 e. The molecule has 16 heavy (non-hydrogen) atoms. The van der Waals surface area contributed by atoms with Crippen molar-refractivity contribution in [3.8, 4) is 0 Å². The zero-order valence-corrected chi connectivity index (χ0v) is 10.3. The zero-order chi connectivity index (χ0) is 12.1. The van der Waals surface area contributed by atoms with E-state index in [1.165, 1.54) is 6.42 Å². The predicted octanol–water partition coefficient (Wildman–Crippen LogP) is 3.67. The van der Waals surface area contributed by atoms with Crippen LogP contribution in [0.4, 0.5) is 0 Å². The summed E-state index contributed by atoms with van der Waals surface area (Å²) in [6.45, 7) is 6.25. The Labute approximate surface area is 97.3 Å². The van der Waals surface area contributed by atoms with Crippen molar-refractivity contribution >= 4 is 5.97 Å². The van der Waals surface area contributed by atoms with Gasteiger partial charge in [0.2, 0.25) is 0 Å². The van der Waals surface area contributed by atoms with E-state index in [1.807, 2.05) is 19.1 Å². The summed E-state index contributed by atoms with van der Waals surface area (Å²) in [5.41, 5.74) is 2.39. The highest BCUT2D eigenvalue weighted by atomic mass is 16.4. The quantitative estimate of drug-likeness (QED) is 0.822. The van der Waals surface area contributed by atoms with E-state index in [-0.39, 0.29) is 0 Å². The normalized spacial score (nSPS) is 10.8. The summed E-state index contributed by atoms with van der Waals surface area (Å²) >= 11 is 0. The number of aryl methyl sites for hydroxylation is 2. The summed E-state index contributed by atoms with van der Waals surface area (Å²) in [5, 5.41) is 9.00. The minimum absolute atomic E-state index is 0.432. The molecule has 0 spiro atoms. The van der Waals surface area contributed by atoms with E-state index < -0.39 is 5.97 Å². The van der Waals surface area contributed by atoms with Gasteiger partial charge in [0, 0.05) is 0 Å². The van der Waals surface area contributed by atoms with Crippen LogP contribution in [0, 0.1) is 12.8 Å². The first-order valence-electron chi connectivity index (χ1n) is 5.83.